The molecule has 3 aliphatic rings. The van der Waals surface area contributed by atoms with Gasteiger partial charge in [-0.2, -0.15) is 12.7 Å². The number of nitrogens with zero attached hydrogens (tertiary/aromatic N) is 4. The molecular formula is C35H44FN5O8S. The van der Waals surface area contributed by atoms with Gasteiger partial charge in [0.2, 0.25) is 0 Å². The summed E-state index contributed by atoms with van der Waals surface area (Å²) in [7, 11) is -0.369. The minimum Gasteiger partial charge on any atom is -0.490 e. The van der Waals surface area contributed by atoms with E-state index in [-0.39, 0.29) is 44.4 Å². The second-order valence-corrected chi connectivity index (χ2v) is 14.9. The first kappa shape index (κ1) is 35.8. The first-order valence-corrected chi connectivity index (χ1v) is 18.4. The number of hydrogen-bond donors (Lipinski definition) is 1. The fourth-order valence-corrected chi connectivity index (χ4v) is 8.52. The monoisotopic (exact) mass is 713 g/mol. The lowest BCUT2D eigenvalue weighted by Gasteiger charge is -2.41. The lowest BCUT2D eigenvalue weighted by atomic mass is 9.92. The molecule has 1 aromatic heterocycles. The van der Waals surface area contributed by atoms with E-state index in [1.165, 1.54) is 11.0 Å². The molecule has 50 heavy (non-hydrogen) atoms. The fraction of sp³-hybridized carbons (Fsp3) is 0.514. The molecule has 1 N–H and O–H groups in total. The summed E-state index contributed by atoms with van der Waals surface area (Å²) in [5, 5.41) is 0.857. The van der Waals surface area contributed by atoms with Crippen LogP contribution in [-0.2, 0) is 27.9 Å². The number of piperazine rings is 1. The summed E-state index contributed by atoms with van der Waals surface area (Å²) < 4.78 is 61.1. The van der Waals surface area contributed by atoms with Crippen LogP contribution in [-0.4, -0.2) is 107 Å². The van der Waals surface area contributed by atoms with Crippen LogP contribution in [0.3, 0.4) is 0 Å². The van der Waals surface area contributed by atoms with E-state index in [1.807, 2.05) is 18.6 Å². The van der Waals surface area contributed by atoms with Crippen LogP contribution in [0.4, 0.5) is 10.1 Å². The van der Waals surface area contributed by atoms with E-state index < -0.39 is 44.8 Å². The standard InChI is InChI=1S/C35H44FN5O8S/c1-6-48-32-26(10-9-25(30(32)36)33(42)37-50(45,46)41-12-7-8-13-41)34(43)40-14-11-24-27(19-40)35(44)49-31-22(3)28(17-21(2)29(24)31)39-16-15-38(4)23(18-39)20-47-5/h9-10,17,23H,6-8,11-16,18-20H2,1-5H3,(H,37,42)/t23-/m1/s1. The summed E-state index contributed by atoms with van der Waals surface area (Å²) in [5.41, 5.74) is 3.31. The Morgan fingerprint density at radius 3 is 2.48 bits per heavy atom. The second kappa shape index (κ2) is 14.3. The molecule has 0 spiro atoms. The lowest BCUT2D eigenvalue weighted by molar-refractivity contribution is 0.0726. The molecule has 13 nitrogen and oxygen atoms in total. The third-order valence-electron chi connectivity index (χ3n) is 10.0. The first-order chi connectivity index (χ1) is 23.9. The Labute approximate surface area is 291 Å². The quantitative estimate of drug-likeness (QED) is 0.329. The zero-order chi connectivity index (χ0) is 35.9. The van der Waals surface area contributed by atoms with Crippen LogP contribution in [0.25, 0.3) is 11.0 Å². The number of fused-ring (bicyclic) bond motifs is 3. The predicted molar refractivity (Wildman–Crippen MR) is 186 cm³/mol. The number of hydrogen-bond acceptors (Lipinski definition) is 10. The van der Waals surface area contributed by atoms with E-state index in [0.29, 0.717) is 37.0 Å². The van der Waals surface area contributed by atoms with Gasteiger partial charge in [-0.1, -0.05) is 0 Å². The fourth-order valence-electron chi connectivity index (χ4n) is 7.31. The minimum absolute atomic E-state index is 0.0193. The van der Waals surface area contributed by atoms with Crippen molar-refractivity contribution in [2.24, 2.45) is 0 Å². The molecule has 4 heterocycles. The maximum absolute atomic E-state index is 15.8. The van der Waals surface area contributed by atoms with Gasteiger partial charge in [0.05, 0.1) is 42.5 Å². The highest BCUT2D eigenvalue weighted by atomic mass is 32.2. The van der Waals surface area contributed by atoms with Gasteiger partial charge in [0.1, 0.15) is 5.58 Å². The van der Waals surface area contributed by atoms with Crippen molar-refractivity contribution in [1.82, 2.24) is 18.8 Å². The van der Waals surface area contributed by atoms with Crippen molar-refractivity contribution in [3.05, 3.63) is 67.8 Å². The van der Waals surface area contributed by atoms with Gasteiger partial charge in [0.25, 0.3) is 11.8 Å². The van der Waals surface area contributed by atoms with E-state index in [1.54, 1.807) is 14.0 Å². The summed E-state index contributed by atoms with van der Waals surface area (Å²) in [6.07, 6.45) is 1.70. The topological polar surface area (TPSA) is 142 Å². The minimum atomic E-state index is -4.16. The van der Waals surface area contributed by atoms with Crippen molar-refractivity contribution in [3.8, 4) is 5.75 Å². The van der Waals surface area contributed by atoms with Gasteiger partial charge in [0.15, 0.2) is 11.6 Å². The second-order valence-electron chi connectivity index (χ2n) is 13.2. The molecule has 0 saturated carbocycles. The average molecular weight is 714 g/mol. The van der Waals surface area contributed by atoms with Gasteiger partial charge in [-0.3, -0.25) is 14.5 Å². The number of benzene rings is 2. The molecular weight excluding hydrogens is 669 g/mol. The SMILES string of the molecule is CCOc1c(C(=O)N2CCc3c(c(=O)oc4c(C)c(N5CCN(C)[C@@H](COC)C5)cc(C)c34)C2)ccc(C(=O)NS(=O)(=O)N2CCCC2)c1F. The van der Waals surface area contributed by atoms with Crippen LogP contribution in [0, 0.1) is 19.7 Å². The smallest absolute Gasteiger partial charge is 0.341 e. The Balaban J connectivity index is 1.28. The molecule has 3 aliphatic heterocycles. The van der Waals surface area contributed by atoms with Crippen LogP contribution in [0.15, 0.2) is 27.4 Å². The van der Waals surface area contributed by atoms with E-state index in [2.05, 4.69) is 22.9 Å². The van der Waals surface area contributed by atoms with E-state index >= 15 is 4.39 Å². The predicted octanol–water partition coefficient (Wildman–Crippen LogP) is 2.98. The number of halogens is 1. The van der Waals surface area contributed by atoms with Crippen LogP contribution in [0.2, 0.25) is 0 Å². The molecule has 2 fully saturated rings. The van der Waals surface area contributed by atoms with Crippen LogP contribution in [0.5, 0.6) is 5.75 Å². The summed E-state index contributed by atoms with van der Waals surface area (Å²) >= 11 is 0. The molecule has 270 valence electrons. The molecule has 0 aliphatic carbocycles. The molecule has 2 aromatic carbocycles. The zero-order valence-electron chi connectivity index (χ0n) is 29.1. The molecule has 2 amide bonds. The average Bonchev–Trinajstić information content (AvgIpc) is 3.64. The Hall–Kier alpha value is -4.05. The summed E-state index contributed by atoms with van der Waals surface area (Å²) in [6.45, 7) is 9.33. The number of rotatable bonds is 9. The Kier molecular flexibility index (Phi) is 10.2. The summed E-state index contributed by atoms with van der Waals surface area (Å²) in [5.74, 6) is -3.37. The highest BCUT2D eigenvalue weighted by molar-refractivity contribution is 7.87. The number of carbonyl (C=O) groups is 2. The van der Waals surface area contributed by atoms with Crippen LogP contribution >= 0.6 is 0 Å². The normalized spacial score (nSPS) is 18.8. The van der Waals surface area contributed by atoms with Crippen LogP contribution < -0.4 is 20.0 Å². The maximum Gasteiger partial charge on any atom is 0.341 e. The third-order valence-corrected chi connectivity index (χ3v) is 11.5. The number of amides is 2. The number of likely N-dealkylation sites (N-methyl/N-ethyl adjacent to an activating group) is 1. The highest BCUT2D eigenvalue weighted by Gasteiger charge is 2.34. The zero-order valence-corrected chi connectivity index (χ0v) is 30.0. The molecule has 0 unspecified atom stereocenters. The summed E-state index contributed by atoms with van der Waals surface area (Å²) in [4.78, 5) is 46.4. The third kappa shape index (κ3) is 6.59. The molecule has 15 heteroatoms. The van der Waals surface area contributed by atoms with Crippen molar-refractivity contribution < 1.29 is 36.3 Å². The van der Waals surface area contributed by atoms with Crippen LogP contribution in [0.1, 0.15) is 62.7 Å². The van der Waals surface area contributed by atoms with Gasteiger partial charge in [-0.15, -0.1) is 0 Å². The molecule has 0 bridgehead atoms. The highest BCUT2D eigenvalue weighted by Crippen LogP contribution is 2.37. The van der Waals surface area contributed by atoms with Gasteiger partial charge in [-0.05, 0) is 76.4 Å². The van der Waals surface area contributed by atoms with Crippen molar-refractivity contribution in [1.29, 1.82) is 0 Å². The van der Waals surface area contributed by atoms with Crippen molar-refractivity contribution in [3.63, 3.8) is 0 Å². The Morgan fingerprint density at radius 1 is 1.06 bits per heavy atom. The molecule has 2 saturated heterocycles. The van der Waals surface area contributed by atoms with Crippen molar-refractivity contribution >= 4 is 38.7 Å². The Bertz CT molecular complexity index is 2000. The van der Waals surface area contributed by atoms with Crippen molar-refractivity contribution in [2.75, 3.05) is 71.5 Å². The van der Waals surface area contributed by atoms with Gasteiger partial charge in [-0.25, -0.2) is 13.9 Å². The Morgan fingerprint density at radius 2 is 1.78 bits per heavy atom. The number of nitrogens with one attached hydrogen (secondary N) is 1. The number of carbonyl (C=O) groups excluding carboxylic acids is 2. The van der Waals surface area contributed by atoms with Gasteiger partial charge in [0, 0.05) is 63.0 Å². The number of ether oxygens (including phenoxy) is 2. The number of methoxy groups -OCH3 is 1. The molecule has 0 radical (unpaired) electrons. The maximum atomic E-state index is 15.8. The van der Waals surface area contributed by atoms with E-state index in [4.69, 9.17) is 13.9 Å². The first-order valence-electron chi connectivity index (χ1n) is 17.0. The molecule has 1 atom stereocenters. The number of aryl methyl sites for hydroxylation is 2. The van der Waals surface area contributed by atoms with Gasteiger partial charge < -0.3 is 23.7 Å². The lowest BCUT2D eigenvalue weighted by Crippen LogP contribution is -2.53. The van der Waals surface area contributed by atoms with E-state index in [0.717, 1.165) is 57.8 Å². The van der Waals surface area contributed by atoms with E-state index in [9.17, 15) is 22.8 Å². The molecule has 3 aromatic rings. The summed E-state index contributed by atoms with van der Waals surface area (Å²) in [6, 6.07) is 4.68. The molecule has 6 rings (SSSR count). The number of anilines is 1. The largest absolute Gasteiger partial charge is 0.490 e. The van der Waals surface area contributed by atoms with Crippen molar-refractivity contribution in [2.45, 2.75) is 52.6 Å². The van der Waals surface area contributed by atoms with Gasteiger partial charge >= 0.3 is 15.8 Å².